The molecule has 0 saturated carbocycles. The summed E-state index contributed by atoms with van der Waals surface area (Å²) in [7, 11) is 0. The molecule has 0 radical (unpaired) electrons. The highest BCUT2D eigenvalue weighted by Crippen LogP contribution is 2.31. The van der Waals surface area contributed by atoms with Crippen molar-refractivity contribution in [2.75, 3.05) is 4.90 Å². The number of imide groups is 1. The predicted molar refractivity (Wildman–Crippen MR) is 78.4 cm³/mol. The molecule has 0 saturated heterocycles. The molecule has 0 aromatic heterocycles. The van der Waals surface area contributed by atoms with Gasteiger partial charge in [-0.3, -0.25) is 19.7 Å². The molecule has 21 heavy (non-hydrogen) atoms. The van der Waals surface area contributed by atoms with Gasteiger partial charge in [0.15, 0.2) is 0 Å². The molecule has 6 nitrogen and oxygen atoms in total. The fourth-order valence-electron chi connectivity index (χ4n) is 2.17. The van der Waals surface area contributed by atoms with Gasteiger partial charge in [-0.05, 0) is 30.3 Å². The number of halogens is 1. The first-order chi connectivity index (χ1) is 9.99. The summed E-state index contributed by atoms with van der Waals surface area (Å²) in [6.45, 7) is 0. The van der Waals surface area contributed by atoms with E-state index in [9.17, 15) is 19.7 Å². The van der Waals surface area contributed by atoms with E-state index >= 15 is 0 Å². The zero-order valence-corrected chi connectivity index (χ0v) is 12.0. The number of anilines is 1. The Morgan fingerprint density at radius 3 is 2.19 bits per heavy atom. The fourth-order valence-corrected chi connectivity index (χ4v) is 2.53. The van der Waals surface area contributed by atoms with Crippen molar-refractivity contribution in [3.63, 3.8) is 0 Å². The van der Waals surface area contributed by atoms with E-state index in [0.29, 0.717) is 21.3 Å². The van der Waals surface area contributed by atoms with Crippen molar-refractivity contribution in [1.82, 2.24) is 0 Å². The van der Waals surface area contributed by atoms with Gasteiger partial charge in [0.05, 0.1) is 21.7 Å². The molecule has 0 spiro atoms. The second-order valence-electron chi connectivity index (χ2n) is 4.41. The average molecular weight is 347 g/mol. The molecular formula is C14H7BrN2O4. The largest absolute Gasteiger partial charge is 0.269 e. The number of amides is 2. The molecular weight excluding hydrogens is 340 g/mol. The van der Waals surface area contributed by atoms with Crippen molar-refractivity contribution in [2.45, 2.75) is 0 Å². The summed E-state index contributed by atoms with van der Waals surface area (Å²) in [4.78, 5) is 35.7. The van der Waals surface area contributed by atoms with Crippen LogP contribution in [-0.2, 0) is 0 Å². The first-order valence-corrected chi connectivity index (χ1v) is 6.71. The van der Waals surface area contributed by atoms with Gasteiger partial charge in [0, 0.05) is 16.6 Å². The molecule has 1 heterocycles. The van der Waals surface area contributed by atoms with Crippen LogP contribution < -0.4 is 4.90 Å². The van der Waals surface area contributed by atoms with Gasteiger partial charge in [-0.1, -0.05) is 15.9 Å². The zero-order chi connectivity index (χ0) is 15.1. The molecule has 7 heteroatoms. The maximum absolute atomic E-state index is 12.3. The molecule has 104 valence electrons. The van der Waals surface area contributed by atoms with Crippen LogP contribution in [0, 0.1) is 10.1 Å². The van der Waals surface area contributed by atoms with Crippen molar-refractivity contribution >= 4 is 39.1 Å². The van der Waals surface area contributed by atoms with Crippen LogP contribution in [0.2, 0.25) is 0 Å². The van der Waals surface area contributed by atoms with Gasteiger partial charge in [-0.25, -0.2) is 4.90 Å². The molecule has 0 atom stereocenters. The molecule has 1 aliphatic heterocycles. The quantitative estimate of drug-likeness (QED) is 0.475. The summed E-state index contributed by atoms with van der Waals surface area (Å²) >= 11 is 3.26. The van der Waals surface area contributed by atoms with Gasteiger partial charge in [-0.2, -0.15) is 0 Å². The normalized spacial score (nSPS) is 13.5. The van der Waals surface area contributed by atoms with Crippen LogP contribution in [0.15, 0.2) is 46.9 Å². The van der Waals surface area contributed by atoms with Gasteiger partial charge in [0.1, 0.15) is 0 Å². The van der Waals surface area contributed by atoms with E-state index in [1.54, 1.807) is 18.2 Å². The lowest BCUT2D eigenvalue weighted by atomic mass is 10.1. The van der Waals surface area contributed by atoms with Gasteiger partial charge in [-0.15, -0.1) is 0 Å². The van der Waals surface area contributed by atoms with Gasteiger partial charge < -0.3 is 0 Å². The molecule has 2 amide bonds. The maximum Gasteiger partial charge on any atom is 0.269 e. The van der Waals surface area contributed by atoms with E-state index in [4.69, 9.17) is 0 Å². The lowest BCUT2D eigenvalue weighted by molar-refractivity contribution is -0.384. The minimum atomic E-state index is -0.538. The second-order valence-corrected chi connectivity index (χ2v) is 5.32. The Labute approximate surface area is 127 Å². The molecule has 0 N–H and O–H groups in total. The summed E-state index contributed by atoms with van der Waals surface area (Å²) in [5.41, 5.74) is 0.843. The fraction of sp³-hybridized carbons (Fsp3) is 0. The lowest BCUT2D eigenvalue weighted by Gasteiger charge is -2.13. The van der Waals surface area contributed by atoms with Gasteiger partial charge in [0.25, 0.3) is 17.5 Å². The monoisotopic (exact) mass is 346 g/mol. The van der Waals surface area contributed by atoms with Gasteiger partial charge in [0.2, 0.25) is 0 Å². The van der Waals surface area contributed by atoms with E-state index in [2.05, 4.69) is 15.9 Å². The average Bonchev–Trinajstić information content (AvgIpc) is 2.70. The highest BCUT2D eigenvalue weighted by atomic mass is 79.9. The lowest BCUT2D eigenvalue weighted by Crippen LogP contribution is -2.29. The Balaban J connectivity index is 2.03. The van der Waals surface area contributed by atoms with E-state index in [1.165, 1.54) is 24.3 Å². The van der Waals surface area contributed by atoms with Crippen molar-refractivity contribution in [3.8, 4) is 0 Å². The maximum atomic E-state index is 12.3. The number of carbonyl (C=O) groups is 2. The minimum Gasteiger partial charge on any atom is -0.268 e. The van der Waals surface area contributed by atoms with E-state index in [0.717, 1.165) is 4.90 Å². The highest BCUT2D eigenvalue weighted by Gasteiger charge is 2.36. The molecule has 2 aromatic carbocycles. The van der Waals surface area contributed by atoms with Crippen molar-refractivity contribution in [1.29, 1.82) is 0 Å². The summed E-state index contributed by atoms with van der Waals surface area (Å²) in [6, 6.07) is 10.1. The Bertz CT molecular complexity index is 786. The van der Waals surface area contributed by atoms with Crippen LogP contribution in [0.1, 0.15) is 20.7 Å². The first kappa shape index (κ1) is 13.4. The number of nitrogens with zero attached hydrogens (tertiary/aromatic N) is 2. The van der Waals surface area contributed by atoms with Crippen LogP contribution in [0.25, 0.3) is 0 Å². The molecule has 1 aliphatic rings. The van der Waals surface area contributed by atoms with Crippen molar-refractivity contribution in [2.24, 2.45) is 0 Å². The number of hydrogen-bond donors (Lipinski definition) is 0. The Morgan fingerprint density at radius 1 is 0.952 bits per heavy atom. The van der Waals surface area contributed by atoms with Gasteiger partial charge >= 0.3 is 0 Å². The van der Waals surface area contributed by atoms with Crippen LogP contribution in [0.5, 0.6) is 0 Å². The summed E-state index contributed by atoms with van der Waals surface area (Å²) in [5, 5.41) is 10.6. The SMILES string of the molecule is O=C1c2ccc(Br)cc2C(=O)N1c1ccc([N+](=O)[O-])cc1. The van der Waals surface area contributed by atoms with E-state index in [1.807, 2.05) is 0 Å². The molecule has 0 fully saturated rings. The Hall–Kier alpha value is -2.54. The smallest absolute Gasteiger partial charge is 0.268 e. The molecule has 3 rings (SSSR count). The molecule has 0 bridgehead atoms. The summed E-state index contributed by atoms with van der Waals surface area (Å²) in [6.07, 6.45) is 0. The van der Waals surface area contributed by atoms with Crippen molar-refractivity contribution < 1.29 is 14.5 Å². The molecule has 2 aromatic rings. The number of non-ortho nitro benzene ring substituents is 1. The van der Waals surface area contributed by atoms with Crippen LogP contribution in [-0.4, -0.2) is 16.7 Å². The third-order valence-electron chi connectivity index (χ3n) is 3.17. The van der Waals surface area contributed by atoms with Crippen molar-refractivity contribution in [3.05, 3.63) is 68.2 Å². The molecule has 0 aliphatic carbocycles. The summed E-state index contributed by atoms with van der Waals surface area (Å²) < 4.78 is 0.702. The number of nitro groups is 1. The Morgan fingerprint density at radius 2 is 1.57 bits per heavy atom. The standard InChI is InChI=1S/C14H7BrN2O4/c15-8-1-6-11-12(7-8)14(19)16(13(11)18)9-2-4-10(5-3-9)17(20)21/h1-7H. The zero-order valence-electron chi connectivity index (χ0n) is 10.4. The minimum absolute atomic E-state index is 0.0990. The number of fused-ring (bicyclic) bond motifs is 1. The first-order valence-electron chi connectivity index (χ1n) is 5.92. The summed E-state index contributed by atoms with van der Waals surface area (Å²) in [5.74, 6) is -0.874. The topological polar surface area (TPSA) is 80.5 Å². The molecule has 0 unspecified atom stereocenters. The third-order valence-corrected chi connectivity index (χ3v) is 3.66. The number of nitro benzene ring substituents is 1. The number of carbonyl (C=O) groups excluding carboxylic acids is 2. The highest BCUT2D eigenvalue weighted by molar-refractivity contribution is 9.10. The Kier molecular flexibility index (Phi) is 3.06. The van der Waals surface area contributed by atoms with Crippen LogP contribution in [0.3, 0.4) is 0 Å². The number of rotatable bonds is 2. The predicted octanol–water partition coefficient (Wildman–Crippen LogP) is 3.16. The number of benzene rings is 2. The number of hydrogen-bond acceptors (Lipinski definition) is 4. The second kappa shape index (κ2) is 4.78. The van der Waals surface area contributed by atoms with E-state index < -0.39 is 16.7 Å². The third kappa shape index (κ3) is 2.11. The van der Waals surface area contributed by atoms with Crippen LogP contribution in [0.4, 0.5) is 11.4 Å². The van der Waals surface area contributed by atoms with Crippen LogP contribution >= 0.6 is 15.9 Å². The van der Waals surface area contributed by atoms with E-state index in [-0.39, 0.29) is 5.69 Å².